The quantitative estimate of drug-likeness (QED) is 0.731. The molecule has 1 atom stereocenters. The number of fused-ring (bicyclic) bond motifs is 1. The van der Waals surface area contributed by atoms with Crippen LogP contribution in [0.25, 0.3) is 0 Å². The van der Waals surface area contributed by atoms with Crippen molar-refractivity contribution in [3.63, 3.8) is 0 Å². The smallest absolute Gasteiger partial charge is 0.264 e. The Balaban J connectivity index is 1.43. The Labute approximate surface area is 184 Å². The van der Waals surface area contributed by atoms with Crippen molar-refractivity contribution in [1.29, 1.82) is 0 Å². The van der Waals surface area contributed by atoms with E-state index in [4.69, 9.17) is 16.5 Å². The number of anilines is 2. The molecule has 1 spiro atoms. The Morgan fingerprint density at radius 2 is 1.91 bits per heavy atom. The summed E-state index contributed by atoms with van der Waals surface area (Å²) in [6.45, 7) is 3.22. The lowest BCUT2D eigenvalue weighted by Crippen LogP contribution is -2.48. The monoisotopic (exact) mass is 443 g/mol. The number of aliphatic imine (C=N–C) groups is 1. The van der Waals surface area contributed by atoms with E-state index in [1.54, 1.807) is 13.1 Å². The summed E-state index contributed by atoms with van der Waals surface area (Å²) in [6.07, 6.45) is 0.726. The Hall–Kier alpha value is -2.88. The first-order valence-electron chi connectivity index (χ1n) is 10.9. The predicted molar refractivity (Wildman–Crippen MR) is 118 cm³/mol. The summed E-state index contributed by atoms with van der Waals surface area (Å²) >= 11 is 0. The number of nitrogens with two attached hydrogens (primary N) is 2. The summed E-state index contributed by atoms with van der Waals surface area (Å²) in [4.78, 5) is 29.0. The first kappa shape index (κ1) is 21.0. The maximum absolute atomic E-state index is 14.0. The van der Waals surface area contributed by atoms with Crippen LogP contribution in [0.4, 0.5) is 20.5 Å². The molecule has 4 heterocycles. The number of aryl methyl sites for hydroxylation is 1. The molecule has 0 radical (unpaired) electrons. The van der Waals surface area contributed by atoms with Crippen LogP contribution in [0.2, 0.25) is 0 Å². The molecule has 5 rings (SSSR count). The Morgan fingerprint density at radius 1 is 1.19 bits per heavy atom. The van der Waals surface area contributed by atoms with Gasteiger partial charge in [-0.15, -0.1) is 0 Å². The third-order valence-electron chi connectivity index (χ3n) is 7.29. The zero-order chi connectivity index (χ0) is 22.8. The minimum atomic E-state index is -2.69. The van der Waals surface area contributed by atoms with Gasteiger partial charge in [-0.25, -0.2) is 18.7 Å². The molecular formula is C22H27F2N7O. The summed E-state index contributed by atoms with van der Waals surface area (Å²) < 4.78 is 29.5. The van der Waals surface area contributed by atoms with Gasteiger partial charge in [0.25, 0.3) is 5.56 Å². The molecule has 8 nitrogen and oxygen atoms in total. The highest BCUT2D eigenvalue weighted by atomic mass is 19.3. The van der Waals surface area contributed by atoms with Gasteiger partial charge in [-0.05, 0) is 37.3 Å². The van der Waals surface area contributed by atoms with E-state index in [9.17, 15) is 13.6 Å². The van der Waals surface area contributed by atoms with Crippen LogP contribution in [-0.4, -0.2) is 45.3 Å². The zero-order valence-corrected chi connectivity index (χ0v) is 18.2. The van der Waals surface area contributed by atoms with Crippen LogP contribution in [-0.2, 0) is 13.6 Å². The van der Waals surface area contributed by atoms with E-state index in [0.717, 1.165) is 5.56 Å². The molecule has 170 valence electrons. The first-order valence-corrected chi connectivity index (χ1v) is 10.9. The van der Waals surface area contributed by atoms with Crippen molar-refractivity contribution >= 4 is 17.5 Å². The normalized spacial score (nSPS) is 23.5. The van der Waals surface area contributed by atoms with Gasteiger partial charge in [0.1, 0.15) is 5.82 Å². The van der Waals surface area contributed by atoms with Crippen LogP contribution in [0.1, 0.15) is 48.2 Å². The van der Waals surface area contributed by atoms with Crippen LogP contribution in [0, 0.1) is 12.3 Å². The third-order valence-corrected chi connectivity index (χ3v) is 7.29. The molecule has 1 saturated heterocycles. The summed E-state index contributed by atoms with van der Waals surface area (Å²) in [6, 6.07) is 3.02. The lowest BCUT2D eigenvalue weighted by Gasteiger charge is -2.42. The SMILES string of the molecule is Cc1nc(N)ccc1C1=NCc2nc(N3CCC4(CC3)CC(F)(F)C[C@H]4N)n(C)c(=O)c21. The fraction of sp³-hybridized carbons (Fsp3) is 0.545. The van der Waals surface area contributed by atoms with Gasteiger partial charge in [0.2, 0.25) is 11.9 Å². The van der Waals surface area contributed by atoms with Gasteiger partial charge in [-0.3, -0.25) is 14.4 Å². The van der Waals surface area contributed by atoms with Crippen LogP contribution in [0.3, 0.4) is 0 Å². The maximum Gasteiger partial charge on any atom is 0.264 e. The molecule has 10 heteroatoms. The van der Waals surface area contributed by atoms with E-state index < -0.39 is 17.4 Å². The van der Waals surface area contributed by atoms with Crippen LogP contribution in [0.5, 0.6) is 0 Å². The molecule has 4 N–H and O–H groups in total. The molecule has 32 heavy (non-hydrogen) atoms. The van der Waals surface area contributed by atoms with Crippen molar-refractivity contribution in [1.82, 2.24) is 14.5 Å². The molecule has 0 bridgehead atoms. The van der Waals surface area contributed by atoms with Crippen LogP contribution < -0.4 is 21.9 Å². The van der Waals surface area contributed by atoms with E-state index >= 15 is 0 Å². The first-order chi connectivity index (χ1) is 15.1. The van der Waals surface area contributed by atoms with Crippen molar-refractivity contribution in [3.8, 4) is 0 Å². The van der Waals surface area contributed by atoms with E-state index in [-0.39, 0.29) is 18.4 Å². The van der Waals surface area contributed by atoms with Crippen molar-refractivity contribution in [2.45, 2.75) is 51.1 Å². The van der Waals surface area contributed by atoms with Gasteiger partial charge in [0, 0.05) is 50.3 Å². The highest BCUT2D eigenvalue weighted by Gasteiger charge is 2.55. The number of hydrogen-bond acceptors (Lipinski definition) is 7. The number of rotatable bonds is 2. The second kappa shape index (κ2) is 7.06. The van der Waals surface area contributed by atoms with Crippen molar-refractivity contribution in [3.05, 3.63) is 45.0 Å². The van der Waals surface area contributed by atoms with Gasteiger partial charge in [-0.1, -0.05) is 0 Å². The number of halogens is 2. The van der Waals surface area contributed by atoms with Crippen molar-refractivity contribution in [2.24, 2.45) is 23.2 Å². The Morgan fingerprint density at radius 3 is 2.53 bits per heavy atom. The lowest BCUT2D eigenvalue weighted by atomic mass is 9.74. The largest absolute Gasteiger partial charge is 0.384 e. The number of pyridine rings is 1. The minimum Gasteiger partial charge on any atom is -0.384 e. The number of piperidine rings is 1. The van der Waals surface area contributed by atoms with Gasteiger partial charge >= 0.3 is 0 Å². The summed E-state index contributed by atoms with van der Waals surface area (Å²) in [5, 5.41) is 0. The molecule has 1 aliphatic carbocycles. The average Bonchev–Trinajstić information content (AvgIpc) is 3.23. The van der Waals surface area contributed by atoms with Gasteiger partial charge in [-0.2, -0.15) is 0 Å². The molecule has 0 amide bonds. The highest BCUT2D eigenvalue weighted by molar-refractivity contribution is 6.15. The number of aromatic nitrogens is 3. The molecular weight excluding hydrogens is 416 g/mol. The fourth-order valence-electron chi connectivity index (χ4n) is 5.51. The number of nitrogens with zero attached hydrogens (tertiary/aromatic N) is 5. The van der Waals surface area contributed by atoms with Crippen LogP contribution in [0.15, 0.2) is 21.9 Å². The van der Waals surface area contributed by atoms with Gasteiger partial charge in [0.15, 0.2) is 0 Å². The number of alkyl halides is 2. The number of hydrogen-bond donors (Lipinski definition) is 2. The second-order valence-electron chi connectivity index (χ2n) is 9.32. The van der Waals surface area contributed by atoms with Crippen molar-refractivity contribution < 1.29 is 8.78 Å². The lowest BCUT2D eigenvalue weighted by molar-refractivity contribution is -0.00686. The molecule has 0 aromatic carbocycles. The fourth-order valence-corrected chi connectivity index (χ4v) is 5.51. The van der Waals surface area contributed by atoms with E-state index in [2.05, 4.69) is 9.98 Å². The van der Waals surface area contributed by atoms with E-state index in [1.165, 1.54) is 4.57 Å². The van der Waals surface area contributed by atoms with E-state index in [0.29, 0.717) is 66.9 Å². The van der Waals surface area contributed by atoms with Crippen LogP contribution >= 0.6 is 0 Å². The summed E-state index contributed by atoms with van der Waals surface area (Å²) in [5.74, 6) is -1.73. The second-order valence-corrected chi connectivity index (χ2v) is 9.32. The zero-order valence-electron chi connectivity index (χ0n) is 18.2. The van der Waals surface area contributed by atoms with E-state index in [1.807, 2.05) is 17.9 Å². The molecule has 0 unspecified atom stereocenters. The molecule has 2 fully saturated rings. The Bertz CT molecular complexity index is 1180. The molecule has 2 aromatic heterocycles. The third kappa shape index (κ3) is 3.19. The van der Waals surface area contributed by atoms with Crippen molar-refractivity contribution in [2.75, 3.05) is 23.7 Å². The molecule has 1 saturated carbocycles. The summed E-state index contributed by atoms with van der Waals surface area (Å²) in [5.41, 5.74) is 14.3. The standard InChI is InChI=1S/C22H27F2N7O/c1-12-13(3-4-16(26)28-12)18-17-14(10-27-18)29-20(30(2)19(17)32)31-7-5-21(6-8-31)11-22(23,24)9-15(21)25/h3-4,15H,5-11,25H2,1-2H3,(H2,26,28)/t15-/m1/s1. The Kier molecular flexibility index (Phi) is 4.63. The molecule has 3 aliphatic rings. The average molecular weight is 444 g/mol. The number of nitrogen functional groups attached to an aromatic ring is 1. The van der Waals surface area contributed by atoms with Gasteiger partial charge in [0.05, 0.1) is 23.5 Å². The minimum absolute atomic E-state index is 0.155. The predicted octanol–water partition coefficient (Wildman–Crippen LogP) is 1.76. The maximum atomic E-state index is 14.0. The molecule has 2 aromatic rings. The molecule has 2 aliphatic heterocycles. The highest BCUT2D eigenvalue weighted by Crippen LogP contribution is 2.52. The summed E-state index contributed by atoms with van der Waals surface area (Å²) in [7, 11) is 1.69. The topological polar surface area (TPSA) is 115 Å². The van der Waals surface area contributed by atoms with Gasteiger partial charge < -0.3 is 16.4 Å².